The number of fused-ring (bicyclic) bond motifs is 1. The van der Waals surface area contributed by atoms with E-state index in [1.807, 2.05) is 25.4 Å². The average Bonchev–Trinajstić information content (AvgIpc) is 3.00. The summed E-state index contributed by atoms with van der Waals surface area (Å²) >= 11 is 1.51. The zero-order chi connectivity index (χ0) is 16.8. The van der Waals surface area contributed by atoms with Gasteiger partial charge in [-0.2, -0.15) is 4.41 Å². The Morgan fingerprint density at radius 2 is 2.04 bits per heavy atom. The summed E-state index contributed by atoms with van der Waals surface area (Å²) in [6, 6.07) is 12.2. The quantitative estimate of drug-likeness (QED) is 0.293. The molecule has 0 radical (unpaired) electrons. The largest absolute Gasteiger partial charge is 0.380 e. The molecule has 126 valence electrons. The number of hydrazine groups is 1. The Kier molecular flexibility index (Phi) is 5.81. The van der Waals surface area contributed by atoms with Crippen LogP contribution >= 0.6 is 11.9 Å². The molecule has 1 aromatic carbocycles. The number of pyridine rings is 1. The van der Waals surface area contributed by atoms with E-state index < -0.39 is 0 Å². The predicted molar refractivity (Wildman–Crippen MR) is 96.3 cm³/mol. The van der Waals surface area contributed by atoms with Crippen molar-refractivity contribution in [1.29, 1.82) is 0 Å². The summed E-state index contributed by atoms with van der Waals surface area (Å²) in [5.74, 6) is 5.95. The fourth-order valence-electron chi connectivity index (χ4n) is 2.35. The molecule has 24 heavy (non-hydrogen) atoms. The lowest BCUT2D eigenvalue weighted by molar-refractivity contribution is 0.137. The van der Waals surface area contributed by atoms with Crippen LogP contribution < -0.4 is 5.84 Å². The van der Waals surface area contributed by atoms with Gasteiger partial charge in [0.2, 0.25) is 0 Å². The van der Waals surface area contributed by atoms with E-state index in [0.29, 0.717) is 19.8 Å². The molecule has 3 aromatic rings. The van der Waals surface area contributed by atoms with Gasteiger partial charge < -0.3 is 9.30 Å². The number of benzene rings is 1. The first-order chi connectivity index (χ1) is 11.8. The van der Waals surface area contributed by atoms with Gasteiger partial charge in [-0.25, -0.2) is 9.97 Å². The van der Waals surface area contributed by atoms with E-state index in [2.05, 4.69) is 38.8 Å². The molecule has 0 saturated carbocycles. The molecule has 0 aliphatic carbocycles. The van der Waals surface area contributed by atoms with Gasteiger partial charge in [-0.3, -0.25) is 5.84 Å². The highest BCUT2D eigenvalue weighted by molar-refractivity contribution is 7.97. The van der Waals surface area contributed by atoms with E-state index >= 15 is 0 Å². The van der Waals surface area contributed by atoms with Gasteiger partial charge in [-0.15, -0.1) is 0 Å². The molecular weight excluding hydrogens is 322 g/mol. The Labute approximate surface area is 145 Å². The number of rotatable bonds is 8. The molecule has 6 nitrogen and oxygen atoms in total. The van der Waals surface area contributed by atoms with Crippen LogP contribution in [0.15, 0.2) is 53.8 Å². The Morgan fingerprint density at radius 3 is 2.83 bits per heavy atom. The minimum absolute atomic E-state index is 0.638. The molecule has 0 saturated heterocycles. The molecule has 0 aliphatic rings. The standard InChI is InChI=1S/C17H21N5OS/c1-2-23-11-10-22(18)24-15-7-5-14(6-8-15)12-21-13-20-16-4-3-9-19-17(16)21/h3-9,13H,2,10-12,18H2,1H3. The molecule has 0 atom stereocenters. The number of ether oxygens (including phenoxy) is 1. The summed E-state index contributed by atoms with van der Waals surface area (Å²) in [5.41, 5.74) is 3.01. The van der Waals surface area contributed by atoms with Gasteiger partial charge in [-0.1, -0.05) is 12.1 Å². The average molecular weight is 343 g/mol. The van der Waals surface area contributed by atoms with E-state index in [1.165, 1.54) is 17.5 Å². The van der Waals surface area contributed by atoms with Crippen LogP contribution in [0.3, 0.4) is 0 Å². The normalized spacial score (nSPS) is 11.5. The third-order valence-electron chi connectivity index (χ3n) is 3.53. The summed E-state index contributed by atoms with van der Waals surface area (Å²) in [6.07, 6.45) is 3.62. The monoisotopic (exact) mass is 343 g/mol. The van der Waals surface area contributed by atoms with E-state index in [9.17, 15) is 0 Å². The van der Waals surface area contributed by atoms with Crippen molar-refractivity contribution >= 4 is 23.1 Å². The molecule has 0 amide bonds. The van der Waals surface area contributed by atoms with Crippen molar-refractivity contribution in [2.45, 2.75) is 18.4 Å². The van der Waals surface area contributed by atoms with Gasteiger partial charge >= 0.3 is 0 Å². The Bertz CT molecular complexity index is 774. The van der Waals surface area contributed by atoms with E-state index in [0.717, 1.165) is 22.6 Å². The molecule has 0 aliphatic heterocycles. The zero-order valence-electron chi connectivity index (χ0n) is 13.6. The van der Waals surface area contributed by atoms with Crippen molar-refractivity contribution in [3.8, 4) is 0 Å². The highest BCUT2D eigenvalue weighted by Crippen LogP contribution is 2.21. The van der Waals surface area contributed by atoms with Gasteiger partial charge in [0.25, 0.3) is 0 Å². The van der Waals surface area contributed by atoms with Crippen molar-refractivity contribution in [3.63, 3.8) is 0 Å². The van der Waals surface area contributed by atoms with E-state index in [1.54, 1.807) is 10.6 Å². The topological polar surface area (TPSA) is 69.2 Å². The zero-order valence-corrected chi connectivity index (χ0v) is 14.4. The maximum absolute atomic E-state index is 5.95. The summed E-state index contributed by atoms with van der Waals surface area (Å²) < 4.78 is 9.05. The molecule has 2 aromatic heterocycles. The molecular formula is C17H21N5OS. The highest BCUT2D eigenvalue weighted by Gasteiger charge is 2.05. The summed E-state index contributed by atoms with van der Waals surface area (Å²) in [6.45, 7) is 4.76. The Balaban J connectivity index is 1.60. The van der Waals surface area contributed by atoms with E-state index in [-0.39, 0.29) is 0 Å². The molecule has 2 heterocycles. The number of aromatic nitrogens is 3. The lowest BCUT2D eigenvalue weighted by atomic mass is 10.2. The molecule has 0 bridgehead atoms. The SMILES string of the molecule is CCOCCN(N)Sc1ccc(Cn2cnc3cccnc32)cc1. The van der Waals surface area contributed by atoms with Crippen LogP contribution in [0.25, 0.3) is 11.2 Å². The fourth-order valence-corrected chi connectivity index (χ4v) is 3.04. The summed E-state index contributed by atoms with van der Waals surface area (Å²) in [4.78, 5) is 9.86. The van der Waals surface area contributed by atoms with Crippen LogP contribution in [-0.2, 0) is 11.3 Å². The van der Waals surface area contributed by atoms with Crippen molar-refractivity contribution in [2.75, 3.05) is 19.8 Å². The van der Waals surface area contributed by atoms with Crippen LogP contribution in [0.5, 0.6) is 0 Å². The molecule has 0 unspecified atom stereocenters. The van der Waals surface area contributed by atoms with Gasteiger partial charge in [-0.05, 0) is 48.7 Å². The van der Waals surface area contributed by atoms with Crippen molar-refractivity contribution in [2.24, 2.45) is 5.84 Å². The second-order valence-corrected chi connectivity index (χ2v) is 6.41. The maximum Gasteiger partial charge on any atom is 0.160 e. The fraction of sp³-hybridized carbons (Fsp3) is 0.294. The molecule has 0 fully saturated rings. The molecule has 7 heteroatoms. The molecule has 3 rings (SSSR count). The molecule has 2 N–H and O–H groups in total. The maximum atomic E-state index is 5.95. The minimum atomic E-state index is 0.638. The summed E-state index contributed by atoms with van der Waals surface area (Å²) in [7, 11) is 0. The van der Waals surface area contributed by atoms with Crippen LogP contribution in [0.4, 0.5) is 0 Å². The minimum Gasteiger partial charge on any atom is -0.380 e. The van der Waals surface area contributed by atoms with Crippen LogP contribution in [0, 0.1) is 0 Å². The first-order valence-corrected chi connectivity index (χ1v) is 8.66. The van der Waals surface area contributed by atoms with Crippen molar-refractivity contribution in [1.82, 2.24) is 18.9 Å². The lowest BCUT2D eigenvalue weighted by Crippen LogP contribution is -2.27. The Morgan fingerprint density at radius 1 is 1.21 bits per heavy atom. The van der Waals surface area contributed by atoms with Gasteiger partial charge in [0, 0.05) is 24.2 Å². The van der Waals surface area contributed by atoms with Crippen LogP contribution in [0.1, 0.15) is 12.5 Å². The summed E-state index contributed by atoms with van der Waals surface area (Å²) in [5, 5.41) is 0. The third kappa shape index (κ3) is 4.33. The van der Waals surface area contributed by atoms with Crippen molar-refractivity contribution < 1.29 is 4.74 Å². The Hall–Kier alpha value is -1.93. The first-order valence-electron chi connectivity index (χ1n) is 7.89. The number of hydrogen-bond acceptors (Lipinski definition) is 6. The molecule has 0 spiro atoms. The first kappa shape index (κ1) is 16.9. The number of hydrogen-bond donors (Lipinski definition) is 1. The number of imidazole rings is 1. The highest BCUT2D eigenvalue weighted by atomic mass is 32.2. The lowest BCUT2D eigenvalue weighted by Gasteiger charge is -2.15. The smallest absolute Gasteiger partial charge is 0.160 e. The van der Waals surface area contributed by atoms with Crippen molar-refractivity contribution in [3.05, 3.63) is 54.5 Å². The van der Waals surface area contributed by atoms with Crippen LogP contribution in [0.2, 0.25) is 0 Å². The number of nitrogens with zero attached hydrogens (tertiary/aromatic N) is 4. The van der Waals surface area contributed by atoms with E-state index in [4.69, 9.17) is 10.6 Å². The van der Waals surface area contributed by atoms with Gasteiger partial charge in [0.05, 0.1) is 19.5 Å². The third-order valence-corrected chi connectivity index (χ3v) is 4.43. The second-order valence-electron chi connectivity index (χ2n) is 5.29. The predicted octanol–water partition coefficient (Wildman–Crippen LogP) is 2.70. The number of nitrogens with two attached hydrogens (primary N) is 1. The van der Waals surface area contributed by atoms with Gasteiger partial charge in [0.1, 0.15) is 5.52 Å². The van der Waals surface area contributed by atoms with Gasteiger partial charge in [0.15, 0.2) is 5.65 Å². The second kappa shape index (κ2) is 8.25. The van der Waals surface area contributed by atoms with Crippen LogP contribution in [-0.4, -0.2) is 38.7 Å².